The Morgan fingerprint density at radius 2 is 1.42 bits per heavy atom. The van der Waals surface area contributed by atoms with Gasteiger partial charge in [-0.25, -0.2) is 4.79 Å². The van der Waals surface area contributed by atoms with Crippen molar-refractivity contribution in [1.82, 2.24) is 10.6 Å². The number of allylic oxidation sites excluding steroid dienone is 2. The number of nitrogens with two attached hydrogens (primary N) is 2. The van der Waals surface area contributed by atoms with E-state index < -0.39 is 24.0 Å². The average Bonchev–Trinajstić information content (AvgIpc) is 2.64. The lowest BCUT2D eigenvalue weighted by Gasteiger charge is -2.30. The maximum Gasteiger partial charge on any atom is 0.326 e. The molecule has 31 heavy (non-hydrogen) atoms. The normalized spacial score (nSPS) is 17.8. The molecule has 1 amide bonds. The van der Waals surface area contributed by atoms with Gasteiger partial charge in [0.15, 0.2) is 11.6 Å². The van der Waals surface area contributed by atoms with E-state index in [1.54, 1.807) is 6.92 Å². The van der Waals surface area contributed by atoms with Crippen molar-refractivity contribution in [2.45, 2.75) is 84.2 Å². The third-order valence-corrected chi connectivity index (χ3v) is 5.43. The molecule has 9 nitrogen and oxygen atoms in total. The molecule has 0 aromatic rings. The molecule has 2 atom stereocenters. The van der Waals surface area contributed by atoms with Crippen LogP contribution in [0.15, 0.2) is 11.3 Å². The van der Waals surface area contributed by atoms with Crippen LogP contribution in [0.4, 0.5) is 0 Å². The molecule has 0 unspecified atom stereocenters. The van der Waals surface area contributed by atoms with Crippen molar-refractivity contribution >= 4 is 23.4 Å². The Hall–Kier alpha value is -2.26. The number of carbonyl (C=O) groups is 4. The van der Waals surface area contributed by atoms with Gasteiger partial charge < -0.3 is 27.2 Å². The van der Waals surface area contributed by atoms with Crippen LogP contribution < -0.4 is 22.1 Å². The number of nitrogens with one attached hydrogen (secondary N) is 2. The number of ketones is 2. The van der Waals surface area contributed by atoms with E-state index in [-0.39, 0.29) is 41.8 Å². The number of rotatable bonds is 13. The van der Waals surface area contributed by atoms with Gasteiger partial charge in [-0.2, -0.15) is 0 Å². The topological polar surface area (TPSA) is 165 Å². The number of carbonyl (C=O) groups excluding carboxylic acids is 3. The number of Topliss-reactive ketones (excluding diaryl/α,β-unsaturated/α-hetero) is 2. The van der Waals surface area contributed by atoms with Crippen LogP contribution in [-0.2, 0) is 19.2 Å². The quantitative estimate of drug-likeness (QED) is 0.161. The zero-order chi connectivity index (χ0) is 23.6. The van der Waals surface area contributed by atoms with Crippen molar-refractivity contribution in [3.63, 3.8) is 0 Å². The Bertz CT molecular complexity index is 680. The van der Waals surface area contributed by atoms with Crippen LogP contribution in [0.1, 0.15) is 72.1 Å². The highest BCUT2D eigenvalue weighted by Gasteiger charge is 2.37. The minimum Gasteiger partial charge on any atom is -0.480 e. The first kappa shape index (κ1) is 26.8. The fourth-order valence-corrected chi connectivity index (χ4v) is 3.80. The molecule has 0 heterocycles. The third-order valence-electron chi connectivity index (χ3n) is 5.43. The number of aliphatic carboxylic acids is 1. The molecule has 1 fully saturated rings. The number of hydrogen-bond donors (Lipinski definition) is 5. The molecule has 1 rings (SSSR count). The molecule has 0 bridgehead atoms. The molecule has 7 N–H and O–H groups in total. The van der Waals surface area contributed by atoms with Crippen LogP contribution in [0.25, 0.3) is 0 Å². The van der Waals surface area contributed by atoms with Gasteiger partial charge in [0.25, 0.3) is 0 Å². The minimum atomic E-state index is -1.11. The SMILES string of the molecule is CC(N[C@@H](CCCCN)C(=O)N[C@@H](CCCCN)C(=O)O)=C1C(=O)CC(C)(C)CC1=O. The van der Waals surface area contributed by atoms with Crippen molar-refractivity contribution < 1.29 is 24.3 Å². The zero-order valence-electron chi connectivity index (χ0n) is 19.0. The van der Waals surface area contributed by atoms with Gasteiger partial charge in [0.1, 0.15) is 12.1 Å². The zero-order valence-corrected chi connectivity index (χ0v) is 19.0. The Labute approximate surface area is 184 Å². The summed E-state index contributed by atoms with van der Waals surface area (Å²) in [5.74, 6) is -2.07. The van der Waals surface area contributed by atoms with E-state index in [1.165, 1.54) is 0 Å². The average molecular weight is 439 g/mol. The largest absolute Gasteiger partial charge is 0.480 e. The summed E-state index contributed by atoms with van der Waals surface area (Å²) in [6.45, 7) is 6.29. The number of unbranched alkanes of at least 4 members (excludes halogenated alkanes) is 2. The lowest BCUT2D eigenvalue weighted by atomic mass is 9.73. The van der Waals surface area contributed by atoms with E-state index in [1.807, 2.05) is 13.8 Å². The van der Waals surface area contributed by atoms with E-state index in [4.69, 9.17) is 11.5 Å². The fourth-order valence-electron chi connectivity index (χ4n) is 3.80. The number of amides is 1. The van der Waals surface area contributed by atoms with E-state index in [0.29, 0.717) is 50.9 Å². The Morgan fingerprint density at radius 3 is 1.87 bits per heavy atom. The van der Waals surface area contributed by atoms with Gasteiger partial charge in [0.2, 0.25) is 5.91 Å². The summed E-state index contributed by atoms with van der Waals surface area (Å²) in [6.07, 6.45) is 3.80. The molecule has 176 valence electrons. The van der Waals surface area contributed by atoms with E-state index >= 15 is 0 Å². The van der Waals surface area contributed by atoms with Crippen LogP contribution in [0.3, 0.4) is 0 Å². The predicted octanol–water partition coefficient (Wildman–Crippen LogP) is 1.00. The van der Waals surface area contributed by atoms with Gasteiger partial charge in [-0.05, 0) is 64.0 Å². The summed E-state index contributed by atoms with van der Waals surface area (Å²) in [7, 11) is 0. The van der Waals surface area contributed by atoms with Crippen molar-refractivity contribution in [3.05, 3.63) is 11.3 Å². The summed E-state index contributed by atoms with van der Waals surface area (Å²) < 4.78 is 0. The van der Waals surface area contributed by atoms with Gasteiger partial charge >= 0.3 is 5.97 Å². The Balaban J connectivity index is 2.99. The molecule has 0 aromatic heterocycles. The summed E-state index contributed by atoms with van der Waals surface area (Å²) in [6, 6.07) is -1.80. The maximum atomic E-state index is 12.9. The third kappa shape index (κ3) is 8.78. The van der Waals surface area contributed by atoms with Gasteiger partial charge in [0, 0.05) is 18.5 Å². The van der Waals surface area contributed by atoms with Crippen LogP contribution in [-0.4, -0.2) is 53.7 Å². The van der Waals surface area contributed by atoms with Crippen molar-refractivity contribution in [3.8, 4) is 0 Å². The molecule has 0 radical (unpaired) electrons. The van der Waals surface area contributed by atoms with Crippen molar-refractivity contribution in [1.29, 1.82) is 0 Å². The molecule has 1 aliphatic carbocycles. The molecule has 1 aliphatic rings. The van der Waals surface area contributed by atoms with Gasteiger partial charge in [-0.3, -0.25) is 14.4 Å². The summed E-state index contributed by atoms with van der Waals surface area (Å²) >= 11 is 0. The van der Waals surface area contributed by atoms with E-state index in [0.717, 1.165) is 0 Å². The number of carboxylic acids is 1. The van der Waals surface area contributed by atoms with Gasteiger partial charge in [-0.15, -0.1) is 0 Å². The van der Waals surface area contributed by atoms with Crippen LogP contribution >= 0.6 is 0 Å². The highest BCUT2D eigenvalue weighted by Crippen LogP contribution is 2.34. The first-order valence-corrected chi connectivity index (χ1v) is 11.0. The van der Waals surface area contributed by atoms with Crippen LogP contribution in [0.2, 0.25) is 0 Å². The van der Waals surface area contributed by atoms with E-state index in [2.05, 4.69) is 10.6 Å². The standard InChI is InChI=1S/C22H38N4O5/c1-14(19-17(27)12-22(2,3)13-18(19)28)25-15(8-4-6-10-23)20(29)26-16(21(30)31)9-5-7-11-24/h15-16,25H,4-13,23-24H2,1-3H3,(H,26,29)(H,30,31)/t15-,16-/m0/s1. The minimum absolute atomic E-state index is 0.105. The number of hydrogen-bond acceptors (Lipinski definition) is 7. The maximum absolute atomic E-state index is 12.9. The Kier molecular flexibility index (Phi) is 10.8. The molecule has 0 spiro atoms. The highest BCUT2D eigenvalue weighted by molar-refractivity contribution is 6.22. The van der Waals surface area contributed by atoms with Crippen molar-refractivity contribution in [2.24, 2.45) is 16.9 Å². The summed E-state index contributed by atoms with van der Waals surface area (Å²) in [5, 5.41) is 15.0. The van der Waals surface area contributed by atoms with Crippen LogP contribution in [0.5, 0.6) is 0 Å². The monoisotopic (exact) mass is 438 g/mol. The van der Waals surface area contributed by atoms with Gasteiger partial charge in [0.05, 0.1) is 5.57 Å². The molecule has 9 heteroatoms. The molecule has 0 aromatic carbocycles. The van der Waals surface area contributed by atoms with Crippen molar-refractivity contribution in [2.75, 3.05) is 13.1 Å². The molecule has 0 saturated heterocycles. The lowest BCUT2D eigenvalue weighted by Crippen LogP contribution is -2.50. The first-order valence-electron chi connectivity index (χ1n) is 11.0. The Morgan fingerprint density at radius 1 is 0.935 bits per heavy atom. The molecular weight excluding hydrogens is 400 g/mol. The second kappa shape index (κ2) is 12.6. The highest BCUT2D eigenvalue weighted by atomic mass is 16.4. The van der Waals surface area contributed by atoms with E-state index in [9.17, 15) is 24.3 Å². The van der Waals surface area contributed by atoms with Crippen LogP contribution in [0, 0.1) is 5.41 Å². The lowest BCUT2D eigenvalue weighted by molar-refractivity contribution is -0.142. The smallest absolute Gasteiger partial charge is 0.326 e. The summed E-state index contributed by atoms with van der Waals surface area (Å²) in [4.78, 5) is 49.6. The molecule has 0 aliphatic heterocycles. The number of carboxylic acid groups (broad SMARTS) is 1. The predicted molar refractivity (Wildman–Crippen MR) is 118 cm³/mol. The molecule has 1 saturated carbocycles. The van der Waals surface area contributed by atoms with Gasteiger partial charge in [-0.1, -0.05) is 13.8 Å². The summed E-state index contributed by atoms with van der Waals surface area (Å²) in [5.41, 5.74) is 11.1. The fraction of sp³-hybridized carbons (Fsp3) is 0.727. The second-order valence-corrected chi connectivity index (χ2v) is 9.03. The first-order chi connectivity index (χ1) is 14.5. The molecular formula is C22H38N4O5. The second-order valence-electron chi connectivity index (χ2n) is 9.03.